The van der Waals surface area contributed by atoms with Crippen LogP contribution in [0.4, 0.5) is 0 Å². The van der Waals surface area contributed by atoms with Gasteiger partial charge in [0.1, 0.15) is 5.58 Å². The minimum atomic E-state index is 0.695. The number of hydrogen-bond acceptors (Lipinski definition) is 2. The first-order valence-corrected chi connectivity index (χ1v) is 9.38. The highest BCUT2D eigenvalue weighted by molar-refractivity contribution is 6.04. The first-order valence-electron chi connectivity index (χ1n) is 9.38. The van der Waals surface area contributed by atoms with E-state index in [0.29, 0.717) is 5.71 Å². The molecule has 0 saturated carbocycles. The molecule has 0 fully saturated rings. The largest absolute Gasteiger partial charge is 0.438 e. The van der Waals surface area contributed by atoms with E-state index in [0.717, 1.165) is 34.9 Å². The van der Waals surface area contributed by atoms with Crippen LogP contribution in [-0.4, -0.2) is 9.55 Å². The average molecular weight is 350 g/mol. The quantitative estimate of drug-likeness (QED) is 0.361. The molecule has 3 nitrogen and oxygen atoms in total. The number of furan rings is 1. The molecule has 0 bridgehead atoms. The molecule has 0 radical (unpaired) electrons. The molecule has 0 atom stereocenters. The van der Waals surface area contributed by atoms with Crippen molar-refractivity contribution in [3.05, 3.63) is 77.6 Å². The molecule has 0 saturated heterocycles. The second-order valence-electron chi connectivity index (χ2n) is 7.30. The van der Waals surface area contributed by atoms with Crippen molar-refractivity contribution in [2.45, 2.75) is 19.8 Å². The van der Waals surface area contributed by atoms with E-state index in [2.05, 4.69) is 59.0 Å². The van der Waals surface area contributed by atoms with Gasteiger partial charge in [-0.05, 0) is 44.0 Å². The highest BCUT2D eigenvalue weighted by Crippen LogP contribution is 2.36. The third-order valence-electron chi connectivity index (χ3n) is 5.58. The maximum Gasteiger partial charge on any atom is 0.227 e. The molecule has 3 aromatic heterocycles. The van der Waals surface area contributed by atoms with Gasteiger partial charge in [-0.1, -0.05) is 42.0 Å². The van der Waals surface area contributed by atoms with Crippen molar-refractivity contribution in [1.82, 2.24) is 9.55 Å². The Balaban J connectivity index is 1.70. The van der Waals surface area contributed by atoms with Crippen LogP contribution in [0.5, 0.6) is 0 Å². The van der Waals surface area contributed by atoms with Crippen LogP contribution in [0.3, 0.4) is 0 Å². The molecule has 0 N–H and O–H groups in total. The standard InChI is InChI=1S/C24H18N2O/c1-15-10-11-22-19(12-15)17-6-2-4-8-21(17)26(22)16-13-20-18-7-3-5-9-23(18)27-24(20)25-14-16/h2-3,5-7,9-14H,4,8H2,1H3. The first-order chi connectivity index (χ1) is 13.3. The molecule has 27 heavy (non-hydrogen) atoms. The lowest BCUT2D eigenvalue weighted by Crippen LogP contribution is -2.03. The number of aromatic nitrogens is 2. The minimum Gasteiger partial charge on any atom is -0.438 e. The van der Waals surface area contributed by atoms with E-state index in [4.69, 9.17) is 4.42 Å². The Hall–Kier alpha value is -3.33. The van der Waals surface area contributed by atoms with Gasteiger partial charge in [0.2, 0.25) is 5.71 Å². The summed E-state index contributed by atoms with van der Waals surface area (Å²) in [4.78, 5) is 4.64. The number of pyridine rings is 1. The number of allylic oxidation sites excluding steroid dienone is 1. The lowest BCUT2D eigenvalue weighted by molar-refractivity contribution is 0.654. The van der Waals surface area contributed by atoms with Gasteiger partial charge in [-0.15, -0.1) is 0 Å². The van der Waals surface area contributed by atoms with Crippen molar-refractivity contribution < 1.29 is 4.42 Å². The van der Waals surface area contributed by atoms with Crippen molar-refractivity contribution in [2.24, 2.45) is 0 Å². The summed E-state index contributed by atoms with van der Waals surface area (Å²) in [5.74, 6) is 0. The first kappa shape index (κ1) is 14.8. The normalized spacial score (nSPS) is 13.7. The fourth-order valence-corrected chi connectivity index (χ4v) is 4.35. The van der Waals surface area contributed by atoms with Crippen LogP contribution in [0.15, 0.2) is 65.2 Å². The summed E-state index contributed by atoms with van der Waals surface area (Å²) in [5, 5.41) is 3.50. The Labute approximate surface area is 156 Å². The summed E-state index contributed by atoms with van der Waals surface area (Å²) in [7, 11) is 0. The van der Waals surface area contributed by atoms with Crippen LogP contribution in [0.1, 0.15) is 23.2 Å². The lowest BCUT2D eigenvalue weighted by Gasteiger charge is -2.13. The number of para-hydroxylation sites is 1. The van der Waals surface area contributed by atoms with Crippen LogP contribution >= 0.6 is 0 Å². The average Bonchev–Trinajstić information content (AvgIpc) is 3.23. The SMILES string of the molecule is Cc1ccc2c(c1)c1c(n2-c2cnc3oc4ccccc4c3c2)CCC=C1. The Kier molecular flexibility index (Phi) is 2.92. The smallest absolute Gasteiger partial charge is 0.227 e. The van der Waals surface area contributed by atoms with Gasteiger partial charge in [-0.3, -0.25) is 0 Å². The third kappa shape index (κ3) is 2.05. The highest BCUT2D eigenvalue weighted by Gasteiger charge is 2.19. The predicted molar refractivity (Wildman–Crippen MR) is 110 cm³/mol. The second-order valence-corrected chi connectivity index (χ2v) is 7.30. The van der Waals surface area contributed by atoms with E-state index in [1.54, 1.807) is 0 Å². The molecule has 0 unspecified atom stereocenters. The van der Waals surface area contributed by atoms with E-state index in [-0.39, 0.29) is 0 Å². The minimum absolute atomic E-state index is 0.695. The Morgan fingerprint density at radius 1 is 1.00 bits per heavy atom. The van der Waals surface area contributed by atoms with Gasteiger partial charge in [-0.25, -0.2) is 4.98 Å². The monoisotopic (exact) mass is 350 g/mol. The van der Waals surface area contributed by atoms with Gasteiger partial charge in [0.05, 0.1) is 22.8 Å². The fraction of sp³-hybridized carbons (Fsp3) is 0.125. The number of aryl methyl sites for hydroxylation is 1. The summed E-state index contributed by atoms with van der Waals surface area (Å²) in [6.45, 7) is 2.15. The molecule has 130 valence electrons. The van der Waals surface area contributed by atoms with Crippen LogP contribution in [0.2, 0.25) is 0 Å². The van der Waals surface area contributed by atoms with Gasteiger partial charge in [-0.2, -0.15) is 0 Å². The Morgan fingerprint density at radius 2 is 1.93 bits per heavy atom. The van der Waals surface area contributed by atoms with Crippen molar-refractivity contribution >= 4 is 39.0 Å². The maximum atomic E-state index is 5.91. The summed E-state index contributed by atoms with van der Waals surface area (Å²) >= 11 is 0. The molecule has 0 amide bonds. The Bertz CT molecular complexity index is 1380. The number of rotatable bonds is 1. The summed E-state index contributed by atoms with van der Waals surface area (Å²) < 4.78 is 8.29. The van der Waals surface area contributed by atoms with Crippen molar-refractivity contribution in [3.63, 3.8) is 0 Å². The second kappa shape index (κ2) is 5.34. The molecule has 0 aliphatic heterocycles. The summed E-state index contributed by atoms with van der Waals surface area (Å²) in [6, 6.07) is 17.1. The van der Waals surface area contributed by atoms with E-state index >= 15 is 0 Å². The number of nitrogens with zero attached hydrogens (tertiary/aromatic N) is 2. The lowest BCUT2D eigenvalue weighted by atomic mass is 10.0. The zero-order chi connectivity index (χ0) is 18.0. The van der Waals surface area contributed by atoms with Gasteiger partial charge in [0, 0.05) is 22.0 Å². The molecule has 3 heteroatoms. The van der Waals surface area contributed by atoms with Gasteiger partial charge in [0.25, 0.3) is 0 Å². The predicted octanol–water partition coefficient (Wildman–Crippen LogP) is 6.19. The number of fused-ring (bicyclic) bond motifs is 6. The number of hydrogen-bond donors (Lipinski definition) is 0. The molecular formula is C24H18N2O. The van der Waals surface area contributed by atoms with E-state index in [1.165, 1.54) is 27.7 Å². The van der Waals surface area contributed by atoms with Gasteiger partial charge in [0.15, 0.2) is 0 Å². The zero-order valence-corrected chi connectivity index (χ0v) is 15.1. The van der Waals surface area contributed by atoms with E-state index in [9.17, 15) is 0 Å². The maximum absolute atomic E-state index is 5.91. The van der Waals surface area contributed by atoms with E-state index in [1.807, 2.05) is 24.4 Å². The molecule has 1 aliphatic carbocycles. The summed E-state index contributed by atoms with van der Waals surface area (Å²) in [6.07, 6.45) is 8.61. The molecular weight excluding hydrogens is 332 g/mol. The molecule has 2 aromatic carbocycles. The number of benzene rings is 2. The van der Waals surface area contributed by atoms with Crippen LogP contribution in [-0.2, 0) is 6.42 Å². The van der Waals surface area contributed by atoms with Crippen molar-refractivity contribution in [1.29, 1.82) is 0 Å². The van der Waals surface area contributed by atoms with Gasteiger partial charge < -0.3 is 8.98 Å². The van der Waals surface area contributed by atoms with Gasteiger partial charge >= 0.3 is 0 Å². The molecule has 6 rings (SSSR count). The van der Waals surface area contributed by atoms with E-state index < -0.39 is 0 Å². The van der Waals surface area contributed by atoms with Crippen LogP contribution in [0, 0.1) is 6.92 Å². The third-order valence-corrected chi connectivity index (χ3v) is 5.58. The highest BCUT2D eigenvalue weighted by atomic mass is 16.3. The Morgan fingerprint density at radius 3 is 2.89 bits per heavy atom. The zero-order valence-electron chi connectivity index (χ0n) is 15.1. The molecule has 3 heterocycles. The molecule has 0 spiro atoms. The van der Waals surface area contributed by atoms with Crippen molar-refractivity contribution in [3.8, 4) is 5.69 Å². The topological polar surface area (TPSA) is 31.0 Å². The van der Waals surface area contributed by atoms with Crippen LogP contribution < -0.4 is 0 Å². The van der Waals surface area contributed by atoms with Crippen LogP contribution in [0.25, 0.3) is 44.7 Å². The molecule has 1 aliphatic rings. The fourth-order valence-electron chi connectivity index (χ4n) is 4.35. The molecule has 5 aromatic rings. The summed E-state index contributed by atoms with van der Waals surface area (Å²) in [5.41, 5.74) is 7.92. The van der Waals surface area contributed by atoms with Crippen molar-refractivity contribution in [2.75, 3.05) is 0 Å².